The molecule has 0 aliphatic carbocycles. The molecule has 4 rings (SSSR count). The van der Waals surface area contributed by atoms with Crippen molar-refractivity contribution in [2.75, 3.05) is 0 Å². The number of nitrogens with zero attached hydrogens (tertiary/aromatic N) is 2. The molecular weight excluding hydrogens is 426 g/mol. The minimum Gasteiger partial charge on any atom is -0.473 e. The van der Waals surface area contributed by atoms with Crippen LogP contribution in [-0.4, -0.2) is 31.9 Å². The van der Waals surface area contributed by atoms with Crippen LogP contribution in [0.2, 0.25) is 0 Å². The Morgan fingerprint density at radius 2 is 1.47 bits per heavy atom. The highest BCUT2D eigenvalue weighted by atomic mass is 32.1. The molecule has 2 heterocycles. The molecule has 0 amide bonds. The van der Waals surface area contributed by atoms with Crippen molar-refractivity contribution in [1.82, 2.24) is 15.1 Å². The van der Waals surface area contributed by atoms with Crippen LogP contribution >= 0.6 is 11.3 Å². The minimum absolute atomic E-state index is 0.790. The van der Waals surface area contributed by atoms with E-state index in [1.165, 1.54) is 21.6 Å². The Kier molecular flexibility index (Phi) is 8.30. The monoisotopic (exact) mass is 449 g/mol. The van der Waals surface area contributed by atoms with E-state index in [1.807, 2.05) is 16.8 Å². The Balaban J connectivity index is 0.000000427. The van der Waals surface area contributed by atoms with Crippen LogP contribution in [0.3, 0.4) is 0 Å². The Labute approximate surface area is 189 Å². The van der Waals surface area contributed by atoms with Crippen LogP contribution in [0.1, 0.15) is 16.7 Å². The second-order valence-corrected chi connectivity index (χ2v) is 7.81. The average molecular weight is 450 g/mol. The molecule has 7 nitrogen and oxygen atoms in total. The lowest BCUT2D eigenvalue weighted by Gasteiger charge is -2.04. The molecule has 0 radical (unpaired) electrons. The number of aliphatic carboxylic acids is 2. The number of carboxylic acids is 2. The van der Waals surface area contributed by atoms with E-state index >= 15 is 0 Å². The van der Waals surface area contributed by atoms with Gasteiger partial charge in [-0.15, -0.1) is 11.3 Å². The van der Waals surface area contributed by atoms with Gasteiger partial charge in [-0.3, -0.25) is 4.68 Å². The molecule has 3 N–H and O–H groups in total. The van der Waals surface area contributed by atoms with Crippen molar-refractivity contribution >= 4 is 23.3 Å². The molecule has 4 aromatic rings. The number of hydrogen-bond acceptors (Lipinski definition) is 5. The molecule has 0 unspecified atom stereocenters. The van der Waals surface area contributed by atoms with Gasteiger partial charge in [0, 0.05) is 24.8 Å². The van der Waals surface area contributed by atoms with Crippen LogP contribution in [0.15, 0.2) is 84.4 Å². The summed E-state index contributed by atoms with van der Waals surface area (Å²) in [7, 11) is 0. The largest absolute Gasteiger partial charge is 0.473 e. The van der Waals surface area contributed by atoms with E-state index in [2.05, 4.69) is 77.6 Å². The van der Waals surface area contributed by atoms with E-state index in [9.17, 15) is 0 Å². The second-order valence-electron chi connectivity index (χ2n) is 6.86. The smallest absolute Gasteiger partial charge is 0.414 e. The van der Waals surface area contributed by atoms with Crippen molar-refractivity contribution in [3.8, 4) is 10.6 Å². The third kappa shape index (κ3) is 6.90. The maximum Gasteiger partial charge on any atom is 0.414 e. The van der Waals surface area contributed by atoms with Gasteiger partial charge in [-0.2, -0.15) is 5.10 Å². The van der Waals surface area contributed by atoms with Crippen LogP contribution in [0.25, 0.3) is 10.6 Å². The zero-order valence-corrected chi connectivity index (χ0v) is 18.0. The Hall–Kier alpha value is -3.75. The summed E-state index contributed by atoms with van der Waals surface area (Å²) in [5.74, 6) is -3.65. The zero-order valence-electron chi connectivity index (χ0n) is 17.2. The van der Waals surface area contributed by atoms with E-state index in [0.717, 1.165) is 25.3 Å². The van der Waals surface area contributed by atoms with Crippen molar-refractivity contribution in [3.63, 3.8) is 0 Å². The SMILES string of the molecule is O=C(O)C(=O)O.c1ccc(CNCc2cn(Cc3ccccc3)nc2-c2cccs2)cc1. The molecule has 0 fully saturated rings. The van der Waals surface area contributed by atoms with Gasteiger partial charge in [0.05, 0.1) is 11.4 Å². The highest BCUT2D eigenvalue weighted by Crippen LogP contribution is 2.27. The van der Waals surface area contributed by atoms with Crippen molar-refractivity contribution in [2.45, 2.75) is 19.6 Å². The highest BCUT2D eigenvalue weighted by Gasteiger charge is 2.12. The molecule has 0 aliphatic heterocycles. The second kappa shape index (κ2) is 11.6. The predicted molar refractivity (Wildman–Crippen MR) is 123 cm³/mol. The summed E-state index contributed by atoms with van der Waals surface area (Å²) < 4.78 is 2.05. The van der Waals surface area contributed by atoms with Crippen molar-refractivity contribution in [1.29, 1.82) is 0 Å². The van der Waals surface area contributed by atoms with Gasteiger partial charge in [0.15, 0.2) is 0 Å². The van der Waals surface area contributed by atoms with E-state index in [4.69, 9.17) is 24.9 Å². The van der Waals surface area contributed by atoms with E-state index in [-0.39, 0.29) is 0 Å². The highest BCUT2D eigenvalue weighted by molar-refractivity contribution is 7.13. The number of nitrogens with one attached hydrogen (secondary N) is 1. The molecule has 164 valence electrons. The molecule has 0 atom stereocenters. The van der Waals surface area contributed by atoms with Gasteiger partial charge < -0.3 is 15.5 Å². The summed E-state index contributed by atoms with van der Waals surface area (Å²) in [6, 6.07) is 25.2. The van der Waals surface area contributed by atoms with E-state index < -0.39 is 11.9 Å². The number of hydrogen-bond donors (Lipinski definition) is 3. The quantitative estimate of drug-likeness (QED) is 0.367. The molecule has 8 heteroatoms. The number of benzene rings is 2. The van der Waals surface area contributed by atoms with Gasteiger partial charge >= 0.3 is 11.9 Å². The third-order valence-corrected chi connectivity index (χ3v) is 5.33. The van der Waals surface area contributed by atoms with Gasteiger partial charge in [0.1, 0.15) is 5.69 Å². The van der Waals surface area contributed by atoms with Crippen LogP contribution in [0.4, 0.5) is 0 Å². The first-order valence-corrected chi connectivity index (χ1v) is 10.8. The molecule has 0 bridgehead atoms. The number of thiophene rings is 1. The molecular formula is C24H23N3O4S. The Morgan fingerprint density at radius 3 is 2.03 bits per heavy atom. The Morgan fingerprint density at radius 1 is 0.844 bits per heavy atom. The fourth-order valence-corrected chi connectivity index (χ4v) is 3.75. The molecule has 2 aromatic heterocycles. The molecule has 0 saturated heterocycles. The fourth-order valence-electron chi connectivity index (χ4n) is 3.00. The average Bonchev–Trinajstić information content (AvgIpc) is 3.46. The van der Waals surface area contributed by atoms with E-state index in [0.29, 0.717) is 0 Å². The van der Waals surface area contributed by atoms with E-state index in [1.54, 1.807) is 11.3 Å². The number of carbonyl (C=O) groups is 2. The molecule has 0 saturated carbocycles. The fraction of sp³-hybridized carbons (Fsp3) is 0.125. The summed E-state index contributed by atoms with van der Waals surface area (Å²) >= 11 is 1.74. The maximum absolute atomic E-state index is 9.10. The van der Waals surface area contributed by atoms with Gasteiger partial charge in [0.25, 0.3) is 0 Å². The first-order valence-electron chi connectivity index (χ1n) is 9.88. The molecule has 0 spiro atoms. The molecule has 0 aliphatic rings. The van der Waals surface area contributed by atoms with Crippen LogP contribution < -0.4 is 5.32 Å². The van der Waals surface area contributed by atoms with Gasteiger partial charge in [0.2, 0.25) is 0 Å². The summed E-state index contributed by atoms with van der Waals surface area (Å²) in [6.07, 6.45) is 2.17. The van der Waals surface area contributed by atoms with Gasteiger partial charge in [-0.25, -0.2) is 9.59 Å². The number of aromatic nitrogens is 2. The molecule has 2 aromatic carbocycles. The topological polar surface area (TPSA) is 104 Å². The normalized spacial score (nSPS) is 10.2. The lowest BCUT2D eigenvalue weighted by molar-refractivity contribution is -0.159. The van der Waals surface area contributed by atoms with Crippen molar-refractivity contribution < 1.29 is 19.8 Å². The number of rotatable bonds is 7. The van der Waals surface area contributed by atoms with Crippen molar-refractivity contribution in [3.05, 3.63) is 101 Å². The first kappa shape index (κ1) is 22.9. The van der Waals surface area contributed by atoms with Crippen LogP contribution in [0.5, 0.6) is 0 Å². The lowest BCUT2D eigenvalue weighted by Crippen LogP contribution is -2.12. The lowest BCUT2D eigenvalue weighted by atomic mass is 10.2. The maximum atomic E-state index is 9.10. The summed E-state index contributed by atoms with van der Waals surface area (Å²) in [5.41, 5.74) is 4.87. The number of carboxylic acid groups (broad SMARTS) is 2. The molecule has 32 heavy (non-hydrogen) atoms. The van der Waals surface area contributed by atoms with Gasteiger partial charge in [-0.05, 0) is 22.6 Å². The summed E-state index contributed by atoms with van der Waals surface area (Å²) in [5, 5.41) is 25.3. The standard InChI is InChI=1S/C22H21N3S.C2H2O4/c1-3-8-18(9-4-1)14-23-15-20-17-25(16-19-10-5-2-6-11-19)24-22(20)21-12-7-13-26-21;3-1(4)2(5)6/h1-13,17,23H,14-16H2;(H,3,4)(H,5,6). The van der Waals surface area contributed by atoms with Crippen LogP contribution in [0, 0.1) is 0 Å². The summed E-state index contributed by atoms with van der Waals surface area (Å²) in [4.78, 5) is 19.4. The van der Waals surface area contributed by atoms with Crippen molar-refractivity contribution in [2.24, 2.45) is 0 Å². The minimum atomic E-state index is -1.82. The van der Waals surface area contributed by atoms with Gasteiger partial charge in [-0.1, -0.05) is 66.7 Å². The van der Waals surface area contributed by atoms with Crippen LogP contribution in [-0.2, 0) is 29.2 Å². The first-order chi connectivity index (χ1) is 15.5. The Bertz CT molecular complexity index is 1110. The third-order valence-electron chi connectivity index (χ3n) is 4.45. The predicted octanol–water partition coefficient (Wildman–Crippen LogP) is 4.11. The zero-order chi connectivity index (χ0) is 22.8. The summed E-state index contributed by atoms with van der Waals surface area (Å²) in [6.45, 7) is 2.45.